The monoisotopic (exact) mass is 295 g/mol. The van der Waals surface area contributed by atoms with E-state index in [1.54, 1.807) is 29.3 Å². The minimum Gasteiger partial charge on any atom is -0.463 e. The van der Waals surface area contributed by atoms with Gasteiger partial charge in [0.1, 0.15) is 5.69 Å². The first-order valence-electron chi connectivity index (χ1n) is 6.51. The van der Waals surface area contributed by atoms with E-state index in [4.69, 9.17) is 10.2 Å². The molecule has 110 valence electrons. The molecule has 0 atom stereocenters. The molecule has 0 saturated heterocycles. The highest BCUT2D eigenvalue weighted by Crippen LogP contribution is 2.22. The molecule has 2 amide bonds. The summed E-state index contributed by atoms with van der Waals surface area (Å²) in [5.41, 5.74) is 9.34. The van der Waals surface area contributed by atoms with Crippen LogP contribution in [0.25, 0.3) is 17.1 Å². The number of para-hydroxylation sites is 1. The third-order valence-corrected chi connectivity index (χ3v) is 2.90. The van der Waals surface area contributed by atoms with Gasteiger partial charge in [-0.05, 0) is 24.3 Å². The Kier molecular flexibility index (Phi) is 3.69. The lowest BCUT2D eigenvalue weighted by molar-refractivity contribution is 0.249. The average Bonchev–Trinajstić information content (AvgIpc) is 3.16. The first-order chi connectivity index (χ1) is 10.7. The molecule has 1 aromatic carbocycles. The van der Waals surface area contributed by atoms with Gasteiger partial charge in [-0.15, -0.1) is 0 Å². The van der Waals surface area contributed by atoms with Crippen molar-refractivity contribution in [3.8, 4) is 17.1 Å². The number of amides is 2. The zero-order valence-electron chi connectivity index (χ0n) is 11.5. The van der Waals surface area contributed by atoms with E-state index >= 15 is 0 Å². The summed E-state index contributed by atoms with van der Waals surface area (Å²) in [7, 11) is 0. The minimum absolute atomic E-state index is 0.607. The Morgan fingerprint density at radius 1 is 1.27 bits per heavy atom. The number of carbonyl (C=O) groups is 1. The van der Waals surface area contributed by atoms with Crippen molar-refractivity contribution in [3.05, 3.63) is 60.5 Å². The van der Waals surface area contributed by atoms with Gasteiger partial charge >= 0.3 is 6.03 Å². The number of hydrogen-bond acceptors (Lipinski definition) is 4. The number of rotatable bonds is 4. The highest BCUT2D eigenvalue weighted by Gasteiger charge is 2.13. The number of hydrogen-bond donors (Lipinski definition) is 2. The van der Waals surface area contributed by atoms with E-state index < -0.39 is 6.03 Å². The predicted molar refractivity (Wildman–Crippen MR) is 81.6 cm³/mol. The molecule has 7 nitrogen and oxygen atoms in total. The molecule has 3 rings (SSSR count). The molecule has 22 heavy (non-hydrogen) atoms. The Morgan fingerprint density at radius 3 is 2.77 bits per heavy atom. The van der Waals surface area contributed by atoms with Gasteiger partial charge in [0.05, 0.1) is 18.2 Å². The van der Waals surface area contributed by atoms with E-state index in [2.05, 4.69) is 15.6 Å². The van der Waals surface area contributed by atoms with E-state index in [1.165, 1.54) is 6.21 Å². The van der Waals surface area contributed by atoms with Crippen LogP contribution in [0.1, 0.15) is 5.56 Å². The maximum atomic E-state index is 10.7. The number of nitrogens with one attached hydrogen (secondary N) is 1. The number of urea groups is 1. The normalized spacial score (nSPS) is 10.9. The molecule has 0 aliphatic rings. The van der Waals surface area contributed by atoms with Crippen LogP contribution in [0.3, 0.4) is 0 Å². The van der Waals surface area contributed by atoms with Gasteiger partial charge in [-0.3, -0.25) is 0 Å². The maximum absolute atomic E-state index is 10.7. The van der Waals surface area contributed by atoms with E-state index in [0.29, 0.717) is 17.0 Å². The third-order valence-electron chi connectivity index (χ3n) is 2.90. The van der Waals surface area contributed by atoms with Gasteiger partial charge in [0.15, 0.2) is 5.76 Å². The van der Waals surface area contributed by atoms with Gasteiger partial charge in [-0.2, -0.15) is 10.2 Å². The second-order valence-electron chi connectivity index (χ2n) is 4.42. The topological polar surface area (TPSA) is 98.4 Å². The summed E-state index contributed by atoms with van der Waals surface area (Å²) < 4.78 is 7.10. The summed E-state index contributed by atoms with van der Waals surface area (Å²) in [5, 5.41) is 8.28. The first-order valence-corrected chi connectivity index (χ1v) is 6.51. The van der Waals surface area contributed by atoms with E-state index in [-0.39, 0.29) is 0 Å². The highest BCUT2D eigenvalue weighted by atomic mass is 16.3. The summed E-state index contributed by atoms with van der Waals surface area (Å²) in [6, 6.07) is 12.5. The molecule has 0 spiro atoms. The summed E-state index contributed by atoms with van der Waals surface area (Å²) in [6.07, 6.45) is 4.83. The van der Waals surface area contributed by atoms with E-state index in [9.17, 15) is 4.79 Å². The minimum atomic E-state index is -0.730. The molecule has 3 aromatic rings. The van der Waals surface area contributed by atoms with Crippen LogP contribution in [0.5, 0.6) is 0 Å². The summed E-state index contributed by atoms with van der Waals surface area (Å²) >= 11 is 0. The molecule has 0 aliphatic carbocycles. The number of furan rings is 1. The van der Waals surface area contributed by atoms with Crippen LogP contribution in [0.4, 0.5) is 4.79 Å². The summed E-state index contributed by atoms with van der Waals surface area (Å²) in [4.78, 5) is 10.7. The zero-order valence-corrected chi connectivity index (χ0v) is 11.5. The summed E-state index contributed by atoms with van der Waals surface area (Å²) in [6.45, 7) is 0. The smallest absolute Gasteiger partial charge is 0.332 e. The molecule has 2 aromatic heterocycles. The fourth-order valence-corrected chi connectivity index (χ4v) is 1.96. The second-order valence-corrected chi connectivity index (χ2v) is 4.42. The number of aromatic nitrogens is 2. The molecule has 0 aliphatic heterocycles. The number of hydrazone groups is 1. The average molecular weight is 295 g/mol. The van der Waals surface area contributed by atoms with Crippen LogP contribution in [-0.2, 0) is 0 Å². The number of nitrogens with two attached hydrogens (primary N) is 1. The molecule has 2 heterocycles. The van der Waals surface area contributed by atoms with Crippen molar-refractivity contribution in [1.29, 1.82) is 0 Å². The van der Waals surface area contributed by atoms with Gasteiger partial charge in [0.25, 0.3) is 0 Å². The Balaban J connectivity index is 2.01. The van der Waals surface area contributed by atoms with Crippen molar-refractivity contribution in [2.75, 3.05) is 0 Å². The molecule has 0 unspecified atom stereocenters. The SMILES string of the molecule is NC(=O)N/N=C\c1cn(-c2ccccc2)nc1-c1ccco1. The van der Waals surface area contributed by atoms with Gasteiger partial charge in [0.2, 0.25) is 0 Å². The van der Waals surface area contributed by atoms with Crippen LogP contribution >= 0.6 is 0 Å². The quantitative estimate of drug-likeness (QED) is 0.569. The van der Waals surface area contributed by atoms with E-state index in [0.717, 1.165) is 5.69 Å². The van der Waals surface area contributed by atoms with Crippen molar-refractivity contribution in [3.63, 3.8) is 0 Å². The molecule has 7 heteroatoms. The van der Waals surface area contributed by atoms with Crippen molar-refractivity contribution < 1.29 is 9.21 Å². The van der Waals surface area contributed by atoms with Crippen LogP contribution < -0.4 is 11.2 Å². The fourth-order valence-electron chi connectivity index (χ4n) is 1.96. The summed E-state index contributed by atoms with van der Waals surface area (Å²) in [5.74, 6) is 0.607. The third kappa shape index (κ3) is 2.88. The molecule has 0 radical (unpaired) electrons. The van der Waals surface area contributed by atoms with Crippen LogP contribution in [-0.4, -0.2) is 22.0 Å². The largest absolute Gasteiger partial charge is 0.463 e. The maximum Gasteiger partial charge on any atom is 0.332 e. The Labute approximate surface area is 126 Å². The van der Waals surface area contributed by atoms with E-state index in [1.807, 2.05) is 30.3 Å². The van der Waals surface area contributed by atoms with Gasteiger partial charge in [0, 0.05) is 11.8 Å². The molecule has 3 N–H and O–H groups in total. The molecule has 0 fully saturated rings. The number of benzene rings is 1. The highest BCUT2D eigenvalue weighted by molar-refractivity contribution is 5.88. The zero-order chi connectivity index (χ0) is 15.4. The second kappa shape index (κ2) is 5.96. The van der Waals surface area contributed by atoms with Crippen molar-refractivity contribution in [2.45, 2.75) is 0 Å². The van der Waals surface area contributed by atoms with Crippen molar-refractivity contribution in [2.24, 2.45) is 10.8 Å². The Hall–Kier alpha value is -3.35. The Bertz CT molecular complexity index is 791. The molecular formula is C15H13N5O2. The van der Waals surface area contributed by atoms with Crippen LogP contribution in [0.15, 0.2) is 64.4 Å². The number of nitrogens with zero attached hydrogens (tertiary/aromatic N) is 3. The lowest BCUT2D eigenvalue weighted by Crippen LogP contribution is -2.24. The first kappa shape index (κ1) is 13.6. The fraction of sp³-hybridized carbons (Fsp3) is 0. The van der Waals surface area contributed by atoms with Crippen LogP contribution in [0, 0.1) is 0 Å². The molecular weight excluding hydrogens is 282 g/mol. The standard InChI is InChI=1S/C15H13N5O2/c16-15(21)18-17-9-11-10-20(12-5-2-1-3-6-12)19-14(11)13-7-4-8-22-13/h1-10H,(H3,16,18,21)/b17-9-. The Morgan fingerprint density at radius 2 is 2.09 bits per heavy atom. The molecule has 0 bridgehead atoms. The molecule has 0 saturated carbocycles. The van der Waals surface area contributed by atoms with Gasteiger partial charge in [-0.1, -0.05) is 18.2 Å². The number of primary amides is 1. The van der Waals surface area contributed by atoms with Crippen molar-refractivity contribution in [1.82, 2.24) is 15.2 Å². The van der Waals surface area contributed by atoms with Crippen molar-refractivity contribution >= 4 is 12.2 Å². The lowest BCUT2D eigenvalue weighted by atomic mass is 10.2. The van der Waals surface area contributed by atoms with Crippen LogP contribution in [0.2, 0.25) is 0 Å². The van der Waals surface area contributed by atoms with Gasteiger partial charge in [-0.25, -0.2) is 14.9 Å². The predicted octanol–water partition coefficient (Wildman–Crippen LogP) is 2.13. The van der Waals surface area contributed by atoms with Gasteiger partial charge < -0.3 is 10.2 Å². The lowest BCUT2D eigenvalue weighted by Gasteiger charge is -1.98. The number of carbonyl (C=O) groups excluding carboxylic acids is 1.